The molecule has 1 aromatic rings. The third-order valence-electron chi connectivity index (χ3n) is 4.65. The van der Waals surface area contributed by atoms with Gasteiger partial charge in [0, 0.05) is 13.2 Å². The lowest BCUT2D eigenvalue weighted by Gasteiger charge is -2.42. The first-order valence-corrected chi connectivity index (χ1v) is 7.29. The van der Waals surface area contributed by atoms with E-state index in [1.165, 1.54) is 17.5 Å². The van der Waals surface area contributed by atoms with Crippen molar-refractivity contribution in [1.29, 1.82) is 0 Å². The van der Waals surface area contributed by atoms with Crippen LogP contribution in [0.25, 0.3) is 0 Å². The van der Waals surface area contributed by atoms with Gasteiger partial charge in [0.2, 0.25) is 0 Å². The van der Waals surface area contributed by atoms with Crippen molar-refractivity contribution in [3.8, 4) is 5.75 Å². The predicted octanol–water partition coefficient (Wildman–Crippen LogP) is 2.97. The average molecular weight is 261 g/mol. The Morgan fingerprint density at radius 3 is 2.89 bits per heavy atom. The minimum Gasteiger partial charge on any atom is -0.493 e. The Morgan fingerprint density at radius 2 is 2.21 bits per heavy atom. The van der Waals surface area contributed by atoms with Crippen molar-refractivity contribution in [2.24, 2.45) is 5.73 Å². The summed E-state index contributed by atoms with van der Waals surface area (Å²) in [6, 6.07) is 6.47. The van der Waals surface area contributed by atoms with Gasteiger partial charge in [-0.1, -0.05) is 12.1 Å². The van der Waals surface area contributed by atoms with Crippen molar-refractivity contribution in [1.82, 2.24) is 0 Å². The maximum atomic E-state index is 6.38. The third kappa shape index (κ3) is 2.49. The van der Waals surface area contributed by atoms with Gasteiger partial charge in [-0.05, 0) is 55.7 Å². The van der Waals surface area contributed by atoms with Gasteiger partial charge in [-0.25, -0.2) is 0 Å². The summed E-state index contributed by atoms with van der Waals surface area (Å²) in [5, 5.41) is 0. The van der Waals surface area contributed by atoms with Gasteiger partial charge in [-0.15, -0.1) is 0 Å². The molecule has 3 rings (SSSR count). The lowest BCUT2D eigenvalue weighted by atomic mass is 9.75. The molecule has 19 heavy (non-hydrogen) atoms. The second-order valence-electron chi connectivity index (χ2n) is 5.87. The van der Waals surface area contributed by atoms with Gasteiger partial charge in [0.1, 0.15) is 5.75 Å². The summed E-state index contributed by atoms with van der Waals surface area (Å²) in [5.74, 6) is 1.03. The van der Waals surface area contributed by atoms with Crippen LogP contribution < -0.4 is 10.5 Å². The van der Waals surface area contributed by atoms with Crippen LogP contribution in [0.15, 0.2) is 18.2 Å². The maximum Gasteiger partial charge on any atom is 0.122 e. The normalized spacial score (nSPS) is 22.0. The van der Waals surface area contributed by atoms with E-state index in [9.17, 15) is 0 Å². The van der Waals surface area contributed by atoms with E-state index in [1.54, 1.807) is 0 Å². The molecule has 104 valence electrons. The first kappa shape index (κ1) is 12.9. The summed E-state index contributed by atoms with van der Waals surface area (Å²) in [7, 11) is 1.81. The van der Waals surface area contributed by atoms with Gasteiger partial charge in [-0.3, -0.25) is 0 Å². The summed E-state index contributed by atoms with van der Waals surface area (Å²) in [6.45, 7) is 0.838. The van der Waals surface area contributed by atoms with Crippen LogP contribution >= 0.6 is 0 Å². The Kier molecular flexibility index (Phi) is 3.50. The third-order valence-corrected chi connectivity index (χ3v) is 4.65. The molecule has 3 nitrogen and oxygen atoms in total. The number of methoxy groups -OCH3 is 1. The molecule has 0 amide bonds. The molecule has 0 bridgehead atoms. The second-order valence-corrected chi connectivity index (χ2v) is 5.87. The fourth-order valence-electron chi connectivity index (χ4n) is 3.19. The molecular weight excluding hydrogens is 238 g/mol. The Morgan fingerprint density at radius 1 is 1.37 bits per heavy atom. The van der Waals surface area contributed by atoms with Crippen molar-refractivity contribution in [3.05, 3.63) is 29.3 Å². The minimum absolute atomic E-state index is 0.0336. The number of ether oxygens (including phenoxy) is 2. The number of benzene rings is 1. The molecule has 1 aliphatic carbocycles. The van der Waals surface area contributed by atoms with Crippen LogP contribution in [0.4, 0.5) is 0 Å². The highest BCUT2D eigenvalue weighted by Gasteiger charge is 2.38. The van der Waals surface area contributed by atoms with Crippen LogP contribution in [0.3, 0.4) is 0 Å². The van der Waals surface area contributed by atoms with Crippen LogP contribution in [-0.4, -0.2) is 19.3 Å². The molecule has 0 radical (unpaired) electrons. The Balaban J connectivity index is 1.74. The lowest BCUT2D eigenvalue weighted by molar-refractivity contribution is -0.0817. The second kappa shape index (κ2) is 5.14. The van der Waals surface area contributed by atoms with Crippen LogP contribution in [0.1, 0.15) is 49.3 Å². The van der Waals surface area contributed by atoms with E-state index in [-0.39, 0.29) is 11.6 Å². The molecule has 1 aliphatic heterocycles. The number of rotatable bonds is 4. The zero-order valence-electron chi connectivity index (χ0n) is 11.7. The fourth-order valence-corrected chi connectivity index (χ4v) is 3.19. The summed E-state index contributed by atoms with van der Waals surface area (Å²) in [4.78, 5) is 0. The molecule has 2 aliphatic rings. The number of hydrogen-bond donors (Lipinski definition) is 1. The molecule has 1 atom stereocenters. The summed E-state index contributed by atoms with van der Waals surface area (Å²) >= 11 is 0. The molecule has 0 saturated heterocycles. The number of nitrogens with two attached hydrogens (primary N) is 1. The Hall–Kier alpha value is -1.06. The topological polar surface area (TPSA) is 44.5 Å². The van der Waals surface area contributed by atoms with Crippen molar-refractivity contribution >= 4 is 0 Å². The van der Waals surface area contributed by atoms with Crippen LogP contribution in [0, 0.1) is 0 Å². The molecule has 1 aromatic carbocycles. The van der Waals surface area contributed by atoms with Crippen molar-refractivity contribution in [2.75, 3.05) is 13.7 Å². The van der Waals surface area contributed by atoms with Crippen molar-refractivity contribution < 1.29 is 9.47 Å². The predicted molar refractivity (Wildman–Crippen MR) is 75.4 cm³/mol. The quantitative estimate of drug-likeness (QED) is 0.906. The van der Waals surface area contributed by atoms with Crippen LogP contribution in [0.5, 0.6) is 5.75 Å². The molecule has 1 saturated carbocycles. The highest BCUT2D eigenvalue weighted by molar-refractivity contribution is 5.39. The van der Waals surface area contributed by atoms with E-state index >= 15 is 0 Å². The highest BCUT2D eigenvalue weighted by atomic mass is 16.5. The average Bonchev–Trinajstić information content (AvgIpc) is 2.42. The van der Waals surface area contributed by atoms with Crippen LogP contribution in [-0.2, 0) is 11.2 Å². The largest absolute Gasteiger partial charge is 0.493 e. The molecular formula is C16H23NO2. The van der Waals surface area contributed by atoms with Gasteiger partial charge >= 0.3 is 0 Å². The van der Waals surface area contributed by atoms with E-state index < -0.39 is 0 Å². The molecule has 0 aromatic heterocycles. The van der Waals surface area contributed by atoms with Gasteiger partial charge in [0.15, 0.2) is 0 Å². The highest BCUT2D eigenvalue weighted by Crippen LogP contribution is 2.41. The summed E-state index contributed by atoms with van der Waals surface area (Å²) in [5.41, 5.74) is 8.93. The van der Waals surface area contributed by atoms with Crippen molar-refractivity contribution in [3.63, 3.8) is 0 Å². The van der Waals surface area contributed by atoms with Gasteiger partial charge < -0.3 is 15.2 Å². The summed E-state index contributed by atoms with van der Waals surface area (Å²) in [6.07, 6.45) is 6.68. The number of aryl methyl sites for hydroxylation is 1. The molecule has 3 heteroatoms. The Labute approximate surface area is 115 Å². The zero-order valence-corrected chi connectivity index (χ0v) is 11.7. The summed E-state index contributed by atoms with van der Waals surface area (Å²) < 4.78 is 11.3. The smallest absolute Gasteiger partial charge is 0.122 e. The van der Waals surface area contributed by atoms with E-state index in [0.717, 1.165) is 44.5 Å². The molecule has 1 fully saturated rings. The fraction of sp³-hybridized carbons (Fsp3) is 0.625. The van der Waals surface area contributed by atoms with E-state index in [4.69, 9.17) is 15.2 Å². The van der Waals surface area contributed by atoms with E-state index in [1.807, 2.05) is 7.11 Å². The van der Waals surface area contributed by atoms with Gasteiger partial charge in [0.25, 0.3) is 0 Å². The molecule has 0 spiro atoms. The lowest BCUT2D eigenvalue weighted by Crippen LogP contribution is -2.41. The van der Waals surface area contributed by atoms with Gasteiger partial charge in [0.05, 0.1) is 12.2 Å². The SMILES string of the molecule is COC1(CC(N)c2ccc3c(c2)CCCO3)CCC1. The van der Waals surface area contributed by atoms with E-state index in [0.29, 0.717) is 0 Å². The van der Waals surface area contributed by atoms with Crippen LogP contribution in [0.2, 0.25) is 0 Å². The van der Waals surface area contributed by atoms with Crippen molar-refractivity contribution in [2.45, 2.75) is 50.2 Å². The van der Waals surface area contributed by atoms with E-state index in [2.05, 4.69) is 18.2 Å². The number of hydrogen-bond acceptors (Lipinski definition) is 3. The zero-order chi connectivity index (χ0) is 13.3. The monoisotopic (exact) mass is 261 g/mol. The first-order valence-electron chi connectivity index (χ1n) is 7.29. The molecule has 2 N–H and O–H groups in total. The maximum absolute atomic E-state index is 6.38. The van der Waals surface area contributed by atoms with Gasteiger partial charge in [-0.2, -0.15) is 0 Å². The first-order chi connectivity index (χ1) is 9.22. The standard InChI is InChI=1S/C16H23NO2/c1-18-16(7-3-8-16)11-14(17)12-5-6-15-13(10-12)4-2-9-19-15/h5-6,10,14H,2-4,7-9,11,17H2,1H3. The minimum atomic E-state index is 0.0336. The Bertz CT molecular complexity index is 449. The molecule has 1 unspecified atom stereocenters. The number of fused-ring (bicyclic) bond motifs is 1. The molecule has 1 heterocycles.